The molecule has 102 valence electrons. The Kier molecular flexibility index (Phi) is 3.36. The Hall–Kier alpha value is -2.55. The molecule has 20 heavy (non-hydrogen) atoms. The van der Waals surface area contributed by atoms with Crippen LogP contribution in [0.5, 0.6) is 0 Å². The molecular weight excluding hydrogens is 269 g/mol. The molecule has 1 aromatic heterocycles. The summed E-state index contributed by atoms with van der Waals surface area (Å²) in [5.74, 6) is -0.642. The molecule has 0 saturated heterocycles. The smallest absolute Gasteiger partial charge is 0.347 e. The van der Waals surface area contributed by atoms with Crippen LogP contribution >= 0.6 is 0 Å². The van der Waals surface area contributed by atoms with E-state index < -0.39 is 17.7 Å². The lowest BCUT2D eigenvalue weighted by molar-refractivity contribution is -0.140. The minimum Gasteiger partial charge on any atom is -0.347 e. The normalized spacial score (nSPS) is 11.2. The van der Waals surface area contributed by atoms with E-state index in [-0.39, 0.29) is 16.8 Å². The highest BCUT2D eigenvalue weighted by atomic mass is 19.4. The van der Waals surface area contributed by atoms with Gasteiger partial charge in [-0.3, -0.25) is 4.79 Å². The lowest BCUT2D eigenvalue weighted by Gasteiger charge is -2.03. The molecule has 0 fully saturated rings. The largest absolute Gasteiger partial charge is 0.431 e. The van der Waals surface area contributed by atoms with Gasteiger partial charge in [-0.25, -0.2) is 0 Å². The van der Waals surface area contributed by atoms with Crippen LogP contribution in [0.4, 0.5) is 13.2 Å². The fraction of sp³-hybridized carbons (Fsp3) is 0.143. The summed E-state index contributed by atoms with van der Waals surface area (Å²) in [4.78, 5) is 14.1. The number of H-pyrrole nitrogens is 1. The number of aryl methyl sites for hydroxylation is 1. The number of ketones is 1. The summed E-state index contributed by atoms with van der Waals surface area (Å²) in [7, 11) is 0. The Morgan fingerprint density at radius 1 is 1.25 bits per heavy atom. The number of nitrogens with one attached hydrogen (secondary N) is 1. The van der Waals surface area contributed by atoms with Gasteiger partial charge in [-0.05, 0) is 13.0 Å². The van der Waals surface area contributed by atoms with E-state index in [0.717, 1.165) is 5.56 Å². The third kappa shape index (κ3) is 2.57. The predicted octanol–water partition coefficient (Wildman–Crippen LogP) is 3.44. The first kappa shape index (κ1) is 13.9. The van der Waals surface area contributed by atoms with Gasteiger partial charge in [-0.2, -0.15) is 18.4 Å². The van der Waals surface area contributed by atoms with Crippen molar-refractivity contribution in [1.29, 1.82) is 5.26 Å². The quantitative estimate of drug-likeness (QED) is 0.855. The maximum Gasteiger partial charge on any atom is 0.431 e. The van der Waals surface area contributed by atoms with E-state index in [9.17, 15) is 18.0 Å². The first-order valence-electron chi connectivity index (χ1n) is 5.64. The molecule has 1 N–H and O–H groups in total. The number of benzene rings is 1. The van der Waals surface area contributed by atoms with E-state index >= 15 is 0 Å². The van der Waals surface area contributed by atoms with Gasteiger partial charge in [0.2, 0.25) is 5.78 Å². The van der Waals surface area contributed by atoms with E-state index in [2.05, 4.69) is 0 Å². The lowest BCUT2D eigenvalue weighted by atomic mass is 10.0. The van der Waals surface area contributed by atoms with Crippen LogP contribution in [-0.4, -0.2) is 10.8 Å². The van der Waals surface area contributed by atoms with Gasteiger partial charge in [-0.15, -0.1) is 0 Å². The lowest BCUT2D eigenvalue weighted by Crippen LogP contribution is -2.08. The second-order valence-electron chi connectivity index (χ2n) is 4.28. The second-order valence-corrected chi connectivity index (χ2v) is 4.28. The van der Waals surface area contributed by atoms with Gasteiger partial charge in [0, 0.05) is 5.56 Å². The number of carbonyl (C=O) groups is 1. The Balaban J connectivity index is 2.47. The molecule has 0 spiro atoms. The molecule has 2 rings (SSSR count). The first-order chi connectivity index (χ1) is 9.32. The third-order valence-corrected chi connectivity index (χ3v) is 2.78. The van der Waals surface area contributed by atoms with Crippen LogP contribution in [0.3, 0.4) is 0 Å². The minimum absolute atomic E-state index is 0.225. The molecule has 0 amide bonds. The molecule has 0 unspecified atom stereocenters. The van der Waals surface area contributed by atoms with Crippen LogP contribution in [0, 0.1) is 18.3 Å². The van der Waals surface area contributed by atoms with Crippen LogP contribution in [-0.2, 0) is 6.18 Å². The molecule has 6 heteroatoms. The van der Waals surface area contributed by atoms with Crippen LogP contribution in [0.25, 0.3) is 0 Å². The number of nitrogens with zero attached hydrogens (tertiary/aromatic N) is 1. The number of rotatable bonds is 2. The van der Waals surface area contributed by atoms with E-state index in [1.165, 1.54) is 12.1 Å². The first-order valence-corrected chi connectivity index (χ1v) is 5.64. The second kappa shape index (κ2) is 4.85. The third-order valence-electron chi connectivity index (χ3n) is 2.78. The summed E-state index contributed by atoms with van der Waals surface area (Å²) in [6.07, 6.45) is -4.63. The molecule has 0 aliphatic heterocycles. The zero-order valence-corrected chi connectivity index (χ0v) is 10.4. The van der Waals surface area contributed by atoms with Crippen LogP contribution in [0.1, 0.15) is 32.9 Å². The molecule has 0 atom stereocenters. The van der Waals surface area contributed by atoms with Crippen LogP contribution in [0.15, 0.2) is 30.3 Å². The Morgan fingerprint density at radius 3 is 2.35 bits per heavy atom. The van der Waals surface area contributed by atoms with Crippen molar-refractivity contribution >= 4 is 5.78 Å². The van der Waals surface area contributed by atoms with Crippen molar-refractivity contribution in [2.24, 2.45) is 0 Å². The number of alkyl halides is 3. The van der Waals surface area contributed by atoms with E-state index in [1.807, 2.05) is 11.9 Å². The summed E-state index contributed by atoms with van der Waals surface area (Å²) in [6, 6.07) is 8.60. The number of aromatic nitrogens is 1. The average Bonchev–Trinajstić information content (AvgIpc) is 2.82. The molecule has 1 heterocycles. The summed E-state index contributed by atoms with van der Waals surface area (Å²) in [5.41, 5.74) is -0.622. The Morgan fingerprint density at radius 2 is 1.85 bits per heavy atom. The highest BCUT2D eigenvalue weighted by Crippen LogP contribution is 2.30. The van der Waals surface area contributed by atoms with Crippen molar-refractivity contribution in [2.45, 2.75) is 13.1 Å². The molecule has 0 radical (unpaired) electrons. The predicted molar refractivity (Wildman–Crippen MR) is 65.1 cm³/mol. The van der Waals surface area contributed by atoms with Crippen molar-refractivity contribution in [3.8, 4) is 6.07 Å². The fourth-order valence-corrected chi connectivity index (χ4v) is 1.72. The molecular formula is C14H9F3N2O. The van der Waals surface area contributed by atoms with Gasteiger partial charge in [0.05, 0.1) is 5.56 Å². The summed E-state index contributed by atoms with van der Waals surface area (Å²) >= 11 is 0. The van der Waals surface area contributed by atoms with Crippen molar-refractivity contribution < 1.29 is 18.0 Å². The summed E-state index contributed by atoms with van der Waals surface area (Å²) < 4.78 is 37.8. The van der Waals surface area contributed by atoms with Gasteiger partial charge >= 0.3 is 6.18 Å². The van der Waals surface area contributed by atoms with Gasteiger partial charge in [0.1, 0.15) is 17.5 Å². The summed E-state index contributed by atoms with van der Waals surface area (Å²) in [6.45, 7) is 1.82. The monoisotopic (exact) mass is 278 g/mol. The maximum atomic E-state index is 12.6. The molecule has 0 aliphatic rings. The fourth-order valence-electron chi connectivity index (χ4n) is 1.72. The van der Waals surface area contributed by atoms with Crippen molar-refractivity contribution in [1.82, 2.24) is 4.98 Å². The maximum absolute atomic E-state index is 12.6. The van der Waals surface area contributed by atoms with Gasteiger partial charge in [0.15, 0.2) is 0 Å². The van der Waals surface area contributed by atoms with E-state index in [4.69, 9.17) is 5.26 Å². The number of carbonyl (C=O) groups excluding carboxylic acids is 1. The van der Waals surface area contributed by atoms with Gasteiger partial charge in [-0.1, -0.05) is 29.8 Å². The number of hydrogen-bond acceptors (Lipinski definition) is 2. The van der Waals surface area contributed by atoms with Crippen molar-refractivity contribution in [3.05, 3.63) is 58.4 Å². The highest BCUT2D eigenvalue weighted by Gasteiger charge is 2.34. The molecule has 1 aromatic carbocycles. The number of aromatic amines is 1. The number of nitriles is 1. The van der Waals surface area contributed by atoms with Gasteiger partial charge in [0.25, 0.3) is 0 Å². The molecule has 2 aromatic rings. The topological polar surface area (TPSA) is 56.6 Å². The van der Waals surface area contributed by atoms with E-state index in [1.54, 1.807) is 18.2 Å². The standard InChI is InChI=1S/C14H9F3N2O/c1-8-2-4-9(5-3-8)13(20)12-10(7-18)6-11(19-12)14(15,16)17/h2-6,19H,1H3. The average molecular weight is 278 g/mol. The van der Waals surface area contributed by atoms with E-state index in [0.29, 0.717) is 6.07 Å². The van der Waals surface area contributed by atoms with Crippen LogP contribution in [0.2, 0.25) is 0 Å². The molecule has 0 aliphatic carbocycles. The highest BCUT2D eigenvalue weighted by molar-refractivity contribution is 6.09. The number of hydrogen-bond donors (Lipinski definition) is 1. The van der Waals surface area contributed by atoms with Gasteiger partial charge < -0.3 is 4.98 Å². The van der Waals surface area contributed by atoms with Crippen LogP contribution < -0.4 is 0 Å². The SMILES string of the molecule is Cc1ccc(C(=O)c2[nH]c(C(F)(F)F)cc2C#N)cc1. The number of halogens is 3. The molecule has 0 saturated carbocycles. The zero-order valence-electron chi connectivity index (χ0n) is 10.4. The zero-order chi connectivity index (χ0) is 14.9. The minimum atomic E-state index is -4.63. The molecule has 3 nitrogen and oxygen atoms in total. The van der Waals surface area contributed by atoms with Crippen molar-refractivity contribution in [2.75, 3.05) is 0 Å². The molecule has 0 bridgehead atoms. The Bertz CT molecular complexity index is 691. The Labute approximate surface area is 112 Å². The summed E-state index contributed by atoms with van der Waals surface area (Å²) in [5, 5.41) is 8.85. The van der Waals surface area contributed by atoms with Crippen molar-refractivity contribution in [3.63, 3.8) is 0 Å².